The Bertz CT molecular complexity index is 2190. The highest BCUT2D eigenvalue weighted by Gasteiger charge is 2.62. The molecule has 6 fully saturated rings. The van der Waals surface area contributed by atoms with E-state index in [1.807, 2.05) is 48.9 Å². The Morgan fingerprint density at radius 1 is 0.808 bits per heavy atom. The van der Waals surface area contributed by atoms with Crippen molar-refractivity contribution in [1.29, 1.82) is 0 Å². The molecule has 11 rings (SSSR count). The zero-order chi connectivity index (χ0) is 36.6. The van der Waals surface area contributed by atoms with Crippen molar-refractivity contribution in [2.45, 2.75) is 101 Å². The number of hydrogen-bond donors (Lipinski definition) is 1. The van der Waals surface area contributed by atoms with Crippen LogP contribution in [0.3, 0.4) is 0 Å². The molecule has 5 aromatic heterocycles. The van der Waals surface area contributed by atoms with Gasteiger partial charge in [0.1, 0.15) is 10.2 Å². The topological polar surface area (TPSA) is 149 Å². The van der Waals surface area contributed by atoms with Gasteiger partial charge in [-0.2, -0.15) is 4.98 Å². The standard InChI is InChI=1S/C22H25N5O4.C15H18BrN3O2/c1-13(2)31-20-17-24-15(22-10-21(3,11-22)30-12-22)8-27(17)9-16(26-20)25-18(28)14-6-5-7-23-19(14)29-4;1-9(2)21-13-12-17-10(4-19(12)5-11(16)18-13)15-6-14(3,7-15)20-8-15/h5-9,13H,10-12H2,1-4H3,(H,25,28);4-5,9H,6-8H2,1-3H3. The first-order chi connectivity index (χ1) is 24.7. The molecule has 4 saturated heterocycles. The number of aromatic nitrogens is 7. The molecule has 2 saturated carbocycles. The highest BCUT2D eigenvalue weighted by Crippen LogP contribution is 2.59. The van der Waals surface area contributed by atoms with Crippen LogP contribution in [0.25, 0.3) is 11.3 Å². The summed E-state index contributed by atoms with van der Waals surface area (Å²) < 4.78 is 33.3. The lowest BCUT2D eigenvalue weighted by molar-refractivity contribution is 0.0151. The van der Waals surface area contributed by atoms with Crippen LogP contribution in [0.2, 0.25) is 0 Å². The fourth-order valence-corrected chi connectivity index (χ4v) is 8.68. The lowest BCUT2D eigenvalue weighted by Gasteiger charge is -2.41. The second kappa shape index (κ2) is 12.4. The third-order valence-corrected chi connectivity index (χ3v) is 10.6. The summed E-state index contributed by atoms with van der Waals surface area (Å²) >= 11 is 3.43. The van der Waals surface area contributed by atoms with Gasteiger partial charge in [-0.25, -0.2) is 19.9 Å². The van der Waals surface area contributed by atoms with E-state index in [4.69, 9.17) is 33.7 Å². The van der Waals surface area contributed by atoms with Crippen LogP contribution in [-0.4, -0.2) is 83.4 Å². The Morgan fingerprint density at radius 3 is 1.85 bits per heavy atom. The Hall–Kier alpha value is -4.34. The van der Waals surface area contributed by atoms with Crippen LogP contribution < -0.4 is 19.5 Å². The van der Waals surface area contributed by atoms with Gasteiger partial charge in [0.15, 0.2) is 5.82 Å². The summed E-state index contributed by atoms with van der Waals surface area (Å²) in [5, 5.41) is 2.82. The van der Waals surface area contributed by atoms with E-state index < -0.39 is 0 Å². The molecule has 0 aromatic carbocycles. The molecule has 1 N–H and O–H groups in total. The van der Waals surface area contributed by atoms with E-state index in [0.717, 1.165) is 53.9 Å². The zero-order valence-corrected chi connectivity index (χ0v) is 32.0. The van der Waals surface area contributed by atoms with Crippen LogP contribution in [0.5, 0.6) is 17.6 Å². The number of methoxy groups -OCH3 is 1. The number of halogens is 1. The summed E-state index contributed by atoms with van der Waals surface area (Å²) in [5.74, 6) is 1.17. The van der Waals surface area contributed by atoms with Crippen LogP contribution in [0.15, 0.2) is 47.7 Å². The predicted molar refractivity (Wildman–Crippen MR) is 194 cm³/mol. The predicted octanol–water partition coefficient (Wildman–Crippen LogP) is 6.09. The second-order valence-corrected chi connectivity index (χ2v) is 16.4. The van der Waals surface area contributed by atoms with Crippen LogP contribution in [0.4, 0.5) is 5.82 Å². The van der Waals surface area contributed by atoms with Gasteiger partial charge in [0, 0.05) is 35.6 Å². The van der Waals surface area contributed by atoms with Crippen molar-refractivity contribution in [3.05, 3.63) is 64.7 Å². The van der Waals surface area contributed by atoms with Crippen LogP contribution in [0, 0.1) is 0 Å². The van der Waals surface area contributed by atoms with Crippen molar-refractivity contribution in [2.75, 3.05) is 25.6 Å². The van der Waals surface area contributed by atoms with E-state index in [2.05, 4.69) is 56.2 Å². The lowest BCUT2D eigenvalue weighted by Crippen LogP contribution is -2.45. The molecule has 0 unspecified atom stereocenters. The second-order valence-electron chi connectivity index (χ2n) is 15.6. The summed E-state index contributed by atoms with van der Waals surface area (Å²) in [5.41, 5.74) is 3.83. The number of nitrogens with zero attached hydrogens (tertiary/aromatic N) is 7. The number of anilines is 1. The Labute approximate surface area is 309 Å². The van der Waals surface area contributed by atoms with Crippen molar-refractivity contribution in [3.63, 3.8) is 0 Å². The number of amides is 1. The number of carbonyl (C=O) groups is 1. The number of nitrogens with one attached hydrogen (secondary N) is 1. The monoisotopic (exact) mass is 774 g/mol. The van der Waals surface area contributed by atoms with E-state index in [9.17, 15) is 4.79 Å². The molecule has 15 heteroatoms. The summed E-state index contributed by atoms with van der Waals surface area (Å²) in [6.45, 7) is 13.6. The largest absolute Gasteiger partial charge is 0.480 e. The number of rotatable bonds is 9. The molecular weight excluding hydrogens is 732 g/mol. The van der Waals surface area contributed by atoms with Gasteiger partial charge in [-0.15, -0.1) is 0 Å². The summed E-state index contributed by atoms with van der Waals surface area (Å²) in [6, 6.07) is 3.33. The summed E-state index contributed by atoms with van der Waals surface area (Å²) in [7, 11) is 1.47. The maximum Gasteiger partial charge on any atom is 0.262 e. The molecule has 5 aromatic rings. The molecule has 52 heavy (non-hydrogen) atoms. The summed E-state index contributed by atoms with van der Waals surface area (Å²) in [6.07, 6.45) is 13.3. The van der Waals surface area contributed by atoms with E-state index in [1.165, 1.54) is 7.11 Å². The zero-order valence-electron chi connectivity index (χ0n) is 30.4. The van der Waals surface area contributed by atoms with E-state index in [0.29, 0.717) is 35.4 Å². The highest BCUT2D eigenvalue weighted by atomic mass is 79.9. The van der Waals surface area contributed by atoms with E-state index >= 15 is 0 Å². The molecule has 2 aliphatic carbocycles. The Balaban J connectivity index is 0.000000160. The SMILES string of the molecule is CC(C)Oc1nc(Br)cn2cc(C34COC(C)(C3)C4)nc12.COc1ncccc1C(=O)Nc1cn2cc(C34COC(C)(C3)C4)nc2c(OC(C)C)n1. The minimum Gasteiger partial charge on any atom is -0.480 e. The van der Waals surface area contributed by atoms with Crippen LogP contribution in [-0.2, 0) is 20.3 Å². The lowest BCUT2D eigenvalue weighted by atomic mass is 9.62. The molecule has 274 valence electrons. The van der Waals surface area contributed by atoms with E-state index in [1.54, 1.807) is 24.5 Å². The van der Waals surface area contributed by atoms with Gasteiger partial charge in [0.2, 0.25) is 17.2 Å². The van der Waals surface area contributed by atoms with Crippen molar-refractivity contribution < 1.29 is 28.5 Å². The van der Waals surface area contributed by atoms with Gasteiger partial charge in [-0.1, -0.05) is 0 Å². The molecule has 6 aliphatic rings. The Kier molecular flexibility index (Phi) is 8.27. The third kappa shape index (κ3) is 6.05. The number of carbonyl (C=O) groups excluding carboxylic acids is 1. The molecule has 9 heterocycles. The average Bonchev–Trinajstić information content (AvgIpc) is 3.90. The number of imidazole rings is 2. The molecular formula is C37H43BrN8O6. The fourth-order valence-electron chi connectivity index (χ4n) is 8.30. The first kappa shape index (κ1) is 34.7. The van der Waals surface area contributed by atoms with Crippen molar-refractivity contribution in [3.8, 4) is 17.6 Å². The van der Waals surface area contributed by atoms with Crippen molar-refractivity contribution >= 4 is 38.9 Å². The summed E-state index contributed by atoms with van der Waals surface area (Å²) in [4.78, 5) is 35.5. The minimum atomic E-state index is -0.370. The van der Waals surface area contributed by atoms with Gasteiger partial charge in [0.05, 0.1) is 61.3 Å². The molecule has 4 aliphatic heterocycles. The maximum absolute atomic E-state index is 12.8. The number of hydrogen-bond acceptors (Lipinski definition) is 11. The van der Waals surface area contributed by atoms with Crippen LogP contribution >= 0.6 is 15.9 Å². The third-order valence-electron chi connectivity index (χ3n) is 10.3. The van der Waals surface area contributed by atoms with Gasteiger partial charge in [-0.05, 0) is 95.3 Å². The molecule has 0 atom stereocenters. The smallest absolute Gasteiger partial charge is 0.262 e. The van der Waals surface area contributed by atoms with Gasteiger partial charge >= 0.3 is 0 Å². The minimum absolute atomic E-state index is 0.0345. The Morgan fingerprint density at radius 2 is 1.35 bits per heavy atom. The fraction of sp³-hybridized carbons (Fsp3) is 0.514. The van der Waals surface area contributed by atoms with Gasteiger partial charge in [-0.3, -0.25) is 13.6 Å². The molecule has 14 nitrogen and oxygen atoms in total. The normalized spacial score (nSPS) is 27.0. The number of pyridine rings is 1. The van der Waals surface area contributed by atoms with Gasteiger partial charge in [0.25, 0.3) is 17.7 Å². The van der Waals surface area contributed by atoms with E-state index in [-0.39, 0.29) is 46.0 Å². The maximum atomic E-state index is 12.8. The van der Waals surface area contributed by atoms with Crippen LogP contribution in [0.1, 0.15) is 89.0 Å². The molecule has 0 radical (unpaired) electrons. The first-order valence-corrected chi connectivity index (χ1v) is 18.4. The molecule has 1 amide bonds. The first-order valence-electron chi connectivity index (χ1n) is 17.6. The van der Waals surface area contributed by atoms with Gasteiger partial charge < -0.3 is 29.0 Å². The highest BCUT2D eigenvalue weighted by molar-refractivity contribution is 9.10. The van der Waals surface area contributed by atoms with Crippen molar-refractivity contribution in [2.24, 2.45) is 0 Å². The molecule has 4 bridgehead atoms. The number of ether oxygens (including phenoxy) is 5. The average molecular weight is 776 g/mol. The quantitative estimate of drug-likeness (QED) is 0.185. The van der Waals surface area contributed by atoms with Crippen molar-refractivity contribution in [1.82, 2.24) is 33.7 Å². The molecule has 0 spiro atoms. The number of fused-ring (bicyclic) bond motifs is 4.